The van der Waals surface area contributed by atoms with Crippen molar-refractivity contribution in [3.05, 3.63) is 0 Å². The lowest BCUT2D eigenvalue weighted by Crippen LogP contribution is -2.34. The minimum Gasteiger partial charge on any atom is -0.330 e. The molecule has 2 heteroatoms. The van der Waals surface area contributed by atoms with Crippen molar-refractivity contribution < 1.29 is 0 Å². The lowest BCUT2D eigenvalue weighted by Gasteiger charge is -2.29. The Morgan fingerprint density at radius 1 is 1.25 bits per heavy atom. The van der Waals surface area contributed by atoms with Crippen LogP contribution < -0.4 is 5.73 Å². The lowest BCUT2D eigenvalue weighted by atomic mass is 9.94. The summed E-state index contributed by atoms with van der Waals surface area (Å²) in [7, 11) is 4.32. The molecule has 2 N–H and O–H groups in total. The summed E-state index contributed by atoms with van der Waals surface area (Å²) in [6.45, 7) is 5.36. The Kier molecular flexibility index (Phi) is 6.39. The molecule has 0 heterocycles. The fourth-order valence-corrected chi connectivity index (χ4v) is 1.80. The van der Waals surface area contributed by atoms with Crippen LogP contribution in [0.4, 0.5) is 0 Å². The molecule has 12 heavy (non-hydrogen) atoms. The Morgan fingerprint density at radius 2 is 1.83 bits per heavy atom. The normalized spacial score (nSPS) is 16.5. The maximum Gasteiger partial charge on any atom is 0.0115 e. The van der Waals surface area contributed by atoms with Crippen LogP contribution in [0.15, 0.2) is 0 Å². The van der Waals surface area contributed by atoms with Crippen LogP contribution in [0.2, 0.25) is 0 Å². The van der Waals surface area contributed by atoms with E-state index in [2.05, 4.69) is 32.8 Å². The molecule has 0 bridgehead atoms. The van der Waals surface area contributed by atoms with Gasteiger partial charge in [-0.2, -0.15) is 0 Å². The topological polar surface area (TPSA) is 29.3 Å². The molecule has 2 atom stereocenters. The van der Waals surface area contributed by atoms with Crippen molar-refractivity contribution in [2.45, 2.75) is 39.2 Å². The van der Waals surface area contributed by atoms with Gasteiger partial charge >= 0.3 is 0 Å². The van der Waals surface area contributed by atoms with E-state index in [1.807, 2.05) is 0 Å². The summed E-state index contributed by atoms with van der Waals surface area (Å²) in [5, 5.41) is 0. The monoisotopic (exact) mass is 172 g/mol. The third kappa shape index (κ3) is 4.07. The number of nitrogens with two attached hydrogens (primary N) is 1. The summed E-state index contributed by atoms with van der Waals surface area (Å²) in [6, 6.07) is 0.707. The summed E-state index contributed by atoms with van der Waals surface area (Å²) in [6.07, 6.45) is 3.69. The number of hydrogen-bond acceptors (Lipinski definition) is 2. The predicted molar refractivity (Wildman–Crippen MR) is 55.2 cm³/mol. The van der Waals surface area contributed by atoms with Crippen LogP contribution in [0.3, 0.4) is 0 Å². The van der Waals surface area contributed by atoms with Gasteiger partial charge in [-0.1, -0.05) is 20.3 Å². The molecule has 74 valence electrons. The Morgan fingerprint density at radius 3 is 2.17 bits per heavy atom. The number of rotatable bonds is 6. The SMILES string of the molecule is CCCC(C(C)CCN)N(C)C. The van der Waals surface area contributed by atoms with Gasteiger partial charge in [0.05, 0.1) is 0 Å². The second-order valence-electron chi connectivity index (χ2n) is 3.87. The number of hydrogen-bond donors (Lipinski definition) is 1. The predicted octanol–water partition coefficient (Wildman–Crippen LogP) is 1.70. The third-order valence-corrected chi connectivity index (χ3v) is 2.53. The van der Waals surface area contributed by atoms with Crippen molar-refractivity contribution in [1.82, 2.24) is 4.90 Å². The zero-order valence-electron chi connectivity index (χ0n) is 9.01. The van der Waals surface area contributed by atoms with E-state index in [9.17, 15) is 0 Å². The van der Waals surface area contributed by atoms with Crippen LogP contribution in [0.5, 0.6) is 0 Å². The van der Waals surface area contributed by atoms with Gasteiger partial charge in [0.15, 0.2) is 0 Å². The molecule has 0 radical (unpaired) electrons. The molecule has 0 saturated carbocycles. The van der Waals surface area contributed by atoms with E-state index in [1.54, 1.807) is 0 Å². The highest BCUT2D eigenvalue weighted by molar-refractivity contribution is 4.72. The summed E-state index contributed by atoms with van der Waals surface area (Å²) in [5.74, 6) is 0.727. The van der Waals surface area contributed by atoms with E-state index in [1.165, 1.54) is 12.8 Å². The molecule has 0 aromatic heterocycles. The van der Waals surface area contributed by atoms with Crippen molar-refractivity contribution in [1.29, 1.82) is 0 Å². The van der Waals surface area contributed by atoms with Crippen LogP contribution >= 0.6 is 0 Å². The highest BCUT2D eigenvalue weighted by atomic mass is 15.1. The molecule has 0 aliphatic carbocycles. The zero-order valence-corrected chi connectivity index (χ0v) is 9.01. The maximum atomic E-state index is 5.55. The maximum absolute atomic E-state index is 5.55. The third-order valence-electron chi connectivity index (χ3n) is 2.53. The van der Waals surface area contributed by atoms with Gasteiger partial charge in [0.2, 0.25) is 0 Å². The first-order valence-corrected chi connectivity index (χ1v) is 5.00. The van der Waals surface area contributed by atoms with Gasteiger partial charge in [-0.05, 0) is 39.4 Å². The van der Waals surface area contributed by atoms with Gasteiger partial charge in [-0.25, -0.2) is 0 Å². The van der Waals surface area contributed by atoms with E-state index in [0.717, 1.165) is 18.9 Å². The molecule has 0 rings (SSSR count). The quantitative estimate of drug-likeness (QED) is 0.661. The first-order chi connectivity index (χ1) is 5.63. The van der Waals surface area contributed by atoms with E-state index < -0.39 is 0 Å². The van der Waals surface area contributed by atoms with Crippen molar-refractivity contribution in [3.8, 4) is 0 Å². The van der Waals surface area contributed by atoms with Crippen molar-refractivity contribution >= 4 is 0 Å². The Balaban J connectivity index is 3.90. The molecule has 0 aliphatic heterocycles. The molecule has 0 aromatic rings. The van der Waals surface area contributed by atoms with Gasteiger partial charge in [0.1, 0.15) is 0 Å². The Hall–Kier alpha value is -0.0800. The first kappa shape index (κ1) is 11.9. The molecular formula is C10H24N2. The molecule has 0 aliphatic rings. The largest absolute Gasteiger partial charge is 0.330 e. The highest BCUT2D eigenvalue weighted by Gasteiger charge is 2.17. The molecule has 0 amide bonds. The standard InChI is InChI=1S/C10H24N2/c1-5-6-10(12(3)4)9(2)7-8-11/h9-10H,5-8,11H2,1-4H3. The van der Waals surface area contributed by atoms with E-state index in [0.29, 0.717) is 6.04 Å². The Bertz CT molecular complexity index is 102. The van der Waals surface area contributed by atoms with Crippen molar-refractivity contribution in [2.75, 3.05) is 20.6 Å². The fourth-order valence-electron chi connectivity index (χ4n) is 1.80. The summed E-state index contributed by atoms with van der Waals surface area (Å²) < 4.78 is 0. The molecule has 0 saturated heterocycles. The summed E-state index contributed by atoms with van der Waals surface area (Å²) in [4.78, 5) is 2.32. The summed E-state index contributed by atoms with van der Waals surface area (Å²) >= 11 is 0. The van der Waals surface area contributed by atoms with Gasteiger partial charge in [0.25, 0.3) is 0 Å². The van der Waals surface area contributed by atoms with E-state index in [-0.39, 0.29) is 0 Å². The van der Waals surface area contributed by atoms with Crippen molar-refractivity contribution in [2.24, 2.45) is 11.7 Å². The fraction of sp³-hybridized carbons (Fsp3) is 1.00. The van der Waals surface area contributed by atoms with Crippen LogP contribution in [0.25, 0.3) is 0 Å². The molecule has 2 unspecified atom stereocenters. The molecule has 0 fully saturated rings. The average Bonchev–Trinajstić information content (AvgIpc) is 1.99. The van der Waals surface area contributed by atoms with Gasteiger partial charge in [0, 0.05) is 6.04 Å². The number of nitrogens with zero attached hydrogens (tertiary/aromatic N) is 1. The first-order valence-electron chi connectivity index (χ1n) is 5.00. The van der Waals surface area contributed by atoms with Crippen LogP contribution in [0.1, 0.15) is 33.1 Å². The second kappa shape index (κ2) is 6.44. The van der Waals surface area contributed by atoms with Crippen LogP contribution in [0, 0.1) is 5.92 Å². The average molecular weight is 172 g/mol. The molecule has 0 aromatic carbocycles. The van der Waals surface area contributed by atoms with E-state index in [4.69, 9.17) is 5.73 Å². The minimum atomic E-state index is 0.707. The molecule has 2 nitrogen and oxygen atoms in total. The summed E-state index contributed by atoms with van der Waals surface area (Å²) in [5.41, 5.74) is 5.55. The van der Waals surface area contributed by atoms with Crippen molar-refractivity contribution in [3.63, 3.8) is 0 Å². The lowest BCUT2D eigenvalue weighted by molar-refractivity contribution is 0.200. The zero-order chi connectivity index (χ0) is 9.56. The smallest absolute Gasteiger partial charge is 0.0115 e. The molecular weight excluding hydrogens is 148 g/mol. The van der Waals surface area contributed by atoms with Crippen LogP contribution in [-0.4, -0.2) is 31.6 Å². The van der Waals surface area contributed by atoms with Crippen LogP contribution in [-0.2, 0) is 0 Å². The van der Waals surface area contributed by atoms with Gasteiger partial charge < -0.3 is 10.6 Å². The minimum absolute atomic E-state index is 0.707. The Labute approximate surface area is 77.1 Å². The second-order valence-corrected chi connectivity index (χ2v) is 3.87. The van der Waals surface area contributed by atoms with Gasteiger partial charge in [-0.15, -0.1) is 0 Å². The molecule has 0 spiro atoms. The van der Waals surface area contributed by atoms with E-state index >= 15 is 0 Å². The highest BCUT2D eigenvalue weighted by Crippen LogP contribution is 2.16. The van der Waals surface area contributed by atoms with Gasteiger partial charge in [-0.3, -0.25) is 0 Å².